The summed E-state index contributed by atoms with van der Waals surface area (Å²) in [5, 5.41) is 7.71. The second-order valence-corrected chi connectivity index (χ2v) is 7.01. The number of alkyl halides is 3. The molecule has 2 aromatic rings. The molecular formula is C21H20F3N3O2. The van der Waals surface area contributed by atoms with Crippen molar-refractivity contribution in [2.45, 2.75) is 26.1 Å². The van der Waals surface area contributed by atoms with E-state index in [2.05, 4.69) is 22.5 Å². The molecule has 3 N–H and O–H groups in total. The Morgan fingerprint density at radius 3 is 2.52 bits per heavy atom. The molecule has 1 aliphatic rings. The average Bonchev–Trinajstić information content (AvgIpc) is 2.60. The molecule has 152 valence electrons. The lowest BCUT2D eigenvalue weighted by Crippen LogP contribution is -2.52. The third-order valence-corrected chi connectivity index (χ3v) is 4.77. The van der Waals surface area contributed by atoms with Crippen LogP contribution in [0.25, 0.3) is 0 Å². The molecule has 29 heavy (non-hydrogen) atoms. The van der Waals surface area contributed by atoms with Crippen molar-refractivity contribution in [3.63, 3.8) is 0 Å². The van der Waals surface area contributed by atoms with Crippen molar-refractivity contribution in [3.8, 4) is 0 Å². The van der Waals surface area contributed by atoms with Gasteiger partial charge in [-0.3, -0.25) is 4.79 Å². The van der Waals surface area contributed by atoms with Crippen LogP contribution >= 0.6 is 0 Å². The molecule has 2 aromatic carbocycles. The Hall–Kier alpha value is -3.29. The molecule has 0 saturated carbocycles. The third-order valence-electron chi connectivity index (χ3n) is 4.77. The van der Waals surface area contributed by atoms with Gasteiger partial charge in [0.05, 0.1) is 11.6 Å². The van der Waals surface area contributed by atoms with Gasteiger partial charge in [0.2, 0.25) is 5.91 Å². The molecule has 1 aliphatic heterocycles. The molecule has 1 saturated heterocycles. The fraction of sp³-hybridized carbons (Fsp3) is 0.238. The number of urea groups is 1. The van der Waals surface area contributed by atoms with Crippen molar-refractivity contribution in [1.82, 2.24) is 10.6 Å². The predicted molar refractivity (Wildman–Crippen MR) is 103 cm³/mol. The van der Waals surface area contributed by atoms with E-state index in [-0.39, 0.29) is 11.4 Å². The van der Waals surface area contributed by atoms with Gasteiger partial charge in [0, 0.05) is 11.4 Å². The summed E-state index contributed by atoms with van der Waals surface area (Å²) in [5.74, 6) is -1.49. The molecule has 8 heteroatoms. The van der Waals surface area contributed by atoms with E-state index < -0.39 is 35.6 Å². The van der Waals surface area contributed by atoms with Gasteiger partial charge < -0.3 is 16.0 Å². The van der Waals surface area contributed by atoms with Gasteiger partial charge in [0.1, 0.15) is 5.92 Å². The number of nitrogens with one attached hydrogen (secondary N) is 3. The summed E-state index contributed by atoms with van der Waals surface area (Å²) in [5.41, 5.74) is 1.94. The molecule has 0 unspecified atom stereocenters. The van der Waals surface area contributed by atoms with Crippen molar-refractivity contribution < 1.29 is 22.8 Å². The number of benzene rings is 2. The van der Waals surface area contributed by atoms with Crippen LogP contribution in [-0.4, -0.2) is 11.9 Å². The molecule has 2 atom stereocenters. The summed E-state index contributed by atoms with van der Waals surface area (Å²) in [7, 11) is 0. The molecule has 3 amide bonds. The maximum absolute atomic E-state index is 13.0. The Morgan fingerprint density at radius 1 is 1.14 bits per heavy atom. The fourth-order valence-electron chi connectivity index (χ4n) is 3.42. The lowest BCUT2D eigenvalue weighted by atomic mass is 9.85. The molecule has 0 aromatic heterocycles. The molecule has 0 bridgehead atoms. The van der Waals surface area contributed by atoms with Gasteiger partial charge in [-0.25, -0.2) is 4.79 Å². The first kappa shape index (κ1) is 20.4. The number of aryl methyl sites for hydroxylation is 2. The van der Waals surface area contributed by atoms with Crippen LogP contribution in [0.15, 0.2) is 54.7 Å². The first-order chi connectivity index (χ1) is 13.6. The van der Waals surface area contributed by atoms with Crippen LogP contribution in [0.3, 0.4) is 0 Å². The van der Waals surface area contributed by atoms with Crippen LogP contribution in [0.2, 0.25) is 0 Å². The van der Waals surface area contributed by atoms with Crippen LogP contribution in [-0.2, 0) is 11.0 Å². The zero-order valence-corrected chi connectivity index (χ0v) is 15.9. The summed E-state index contributed by atoms with van der Waals surface area (Å²) < 4.78 is 38.8. The standard InChI is InChI=1S/C21H20F3N3O2/c1-11-7-8-16(12(2)9-11)18-17(13(3)25-20(29)27-18)19(28)26-15-6-4-5-14(10-15)21(22,23)24/h4-10,17-18H,3H2,1-2H3,(H,26,28)(H2,25,27,29)/t17-,18+/m0/s1. The summed E-state index contributed by atoms with van der Waals surface area (Å²) in [6.45, 7) is 7.56. The van der Waals surface area contributed by atoms with E-state index in [1.165, 1.54) is 12.1 Å². The summed E-state index contributed by atoms with van der Waals surface area (Å²) in [6.07, 6.45) is -4.52. The van der Waals surface area contributed by atoms with Crippen LogP contribution in [0.1, 0.15) is 28.3 Å². The highest BCUT2D eigenvalue weighted by molar-refractivity contribution is 5.97. The van der Waals surface area contributed by atoms with Crippen molar-refractivity contribution in [3.05, 3.63) is 77.0 Å². The van der Waals surface area contributed by atoms with Gasteiger partial charge in [0.25, 0.3) is 0 Å². The summed E-state index contributed by atoms with van der Waals surface area (Å²) >= 11 is 0. The molecule has 0 aliphatic carbocycles. The number of halogens is 3. The fourth-order valence-corrected chi connectivity index (χ4v) is 3.42. The number of rotatable bonds is 3. The van der Waals surface area contributed by atoms with E-state index in [1.54, 1.807) is 0 Å². The van der Waals surface area contributed by atoms with Gasteiger partial charge in [0.15, 0.2) is 0 Å². The molecular weight excluding hydrogens is 383 g/mol. The Kier molecular flexibility index (Phi) is 5.37. The number of amides is 3. The van der Waals surface area contributed by atoms with E-state index >= 15 is 0 Å². The van der Waals surface area contributed by atoms with Crippen LogP contribution in [0.5, 0.6) is 0 Å². The van der Waals surface area contributed by atoms with E-state index in [1.807, 2.05) is 32.0 Å². The minimum absolute atomic E-state index is 0.00824. The highest BCUT2D eigenvalue weighted by atomic mass is 19.4. The second-order valence-electron chi connectivity index (χ2n) is 7.01. The summed E-state index contributed by atoms with van der Waals surface area (Å²) in [6, 6.07) is 8.78. The lowest BCUT2D eigenvalue weighted by molar-refractivity contribution is -0.137. The lowest BCUT2D eigenvalue weighted by Gasteiger charge is -2.34. The van der Waals surface area contributed by atoms with Crippen molar-refractivity contribution >= 4 is 17.6 Å². The maximum atomic E-state index is 13.0. The van der Waals surface area contributed by atoms with Crippen LogP contribution in [0, 0.1) is 19.8 Å². The van der Waals surface area contributed by atoms with E-state index in [0.29, 0.717) is 0 Å². The predicted octanol–water partition coefficient (Wildman–Crippen LogP) is 4.44. The van der Waals surface area contributed by atoms with Crippen LogP contribution < -0.4 is 16.0 Å². The van der Waals surface area contributed by atoms with Gasteiger partial charge >= 0.3 is 12.2 Å². The quantitative estimate of drug-likeness (QED) is 0.709. The minimum Gasteiger partial charge on any atom is -0.330 e. The first-order valence-electron chi connectivity index (χ1n) is 8.88. The number of carbonyl (C=O) groups excluding carboxylic acids is 2. The monoisotopic (exact) mass is 403 g/mol. The van der Waals surface area contributed by atoms with Crippen molar-refractivity contribution in [2.75, 3.05) is 5.32 Å². The molecule has 1 fully saturated rings. The summed E-state index contributed by atoms with van der Waals surface area (Å²) in [4.78, 5) is 24.9. The third kappa shape index (κ3) is 4.42. The second kappa shape index (κ2) is 7.62. The minimum atomic E-state index is -4.52. The Morgan fingerprint density at radius 2 is 1.86 bits per heavy atom. The SMILES string of the molecule is C=C1NC(=O)N[C@H](c2ccc(C)cc2C)[C@H]1C(=O)Nc1cccc(C(F)(F)F)c1. The molecule has 3 rings (SSSR count). The first-order valence-corrected chi connectivity index (χ1v) is 8.88. The van der Waals surface area contributed by atoms with Crippen LogP contribution in [0.4, 0.5) is 23.7 Å². The number of anilines is 1. The molecule has 0 spiro atoms. The normalized spacial score (nSPS) is 19.3. The Bertz CT molecular complexity index is 985. The number of hydrogen-bond acceptors (Lipinski definition) is 2. The highest BCUT2D eigenvalue weighted by Crippen LogP contribution is 2.34. The van der Waals surface area contributed by atoms with E-state index in [0.717, 1.165) is 28.8 Å². The van der Waals surface area contributed by atoms with Crippen molar-refractivity contribution in [2.24, 2.45) is 5.92 Å². The molecule has 5 nitrogen and oxygen atoms in total. The molecule has 1 heterocycles. The van der Waals surface area contributed by atoms with Gasteiger partial charge in [-0.15, -0.1) is 0 Å². The largest absolute Gasteiger partial charge is 0.416 e. The smallest absolute Gasteiger partial charge is 0.330 e. The Balaban J connectivity index is 1.92. The molecule has 0 radical (unpaired) electrons. The number of carbonyl (C=O) groups is 2. The van der Waals surface area contributed by atoms with Crippen molar-refractivity contribution in [1.29, 1.82) is 0 Å². The highest BCUT2D eigenvalue weighted by Gasteiger charge is 2.38. The van der Waals surface area contributed by atoms with Gasteiger partial charge in [-0.1, -0.05) is 36.4 Å². The van der Waals surface area contributed by atoms with Gasteiger partial charge in [-0.05, 0) is 43.2 Å². The average molecular weight is 403 g/mol. The zero-order valence-electron chi connectivity index (χ0n) is 15.9. The van der Waals surface area contributed by atoms with E-state index in [9.17, 15) is 22.8 Å². The zero-order chi connectivity index (χ0) is 21.3. The topological polar surface area (TPSA) is 70.2 Å². The van der Waals surface area contributed by atoms with Gasteiger partial charge in [-0.2, -0.15) is 13.2 Å². The van der Waals surface area contributed by atoms with E-state index in [4.69, 9.17) is 0 Å². The Labute approximate surface area is 166 Å². The maximum Gasteiger partial charge on any atom is 0.416 e. The number of hydrogen-bond donors (Lipinski definition) is 3.